The zero-order valence-corrected chi connectivity index (χ0v) is 13.3. The first kappa shape index (κ1) is 16.3. The molecule has 0 heterocycles. The molecule has 1 N–H and O–H groups in total. The lowest BCUT2D eigenvalue weighted by molar-refractivity contribution is -0.141. The van der Waals surface area contributed by atoms with Crippen molar-refractivity contribution < 1.29 is 14.7 Å². The van der Waals surface area contributed by atoms with Gasteiger partial charge in [-0.15, -0.1) is 0 Å². The van der Waals surface area contributed by atoms with E-state index in [1.807, 2.05) is 11.9 Å². The Morgan fingerprint density at radius 2 is 1.57 bits per heavy atom. The molecule has 0 unspecified atom stereocenters. The van der Waals surface area contributed by atoms with Crippen molar-refractivity contribution in [1.29, 1.82) is 0 Å². The van der Waals surface area contributed by atoms with Crippen LogP contribution in [0.2, 0.25) is 0 Å². The van der Waals surface area contributed by atoms with Crippen LogP contribution in [0.25, 0.3) is 0 Å². The molecule has 4 heteroatoms. The van der Waals surface area contributed by atoms with E-state index in [0.717, 1.165) is 38.5 Å². The van der Waals surface area contributed by atoms with Gasteiger partial charge in [0.2, 0.25) is 5.91 Å². The monoisotopic (exact) mass is 295 g/mol. The Balaban J connectivity index is 1.95. The van der Waals surface area contributed by atoms with Crippen molar-refractivity contribution in [2.24, 2.45) is 5.41 Å². The van der Waals surface area contributed by atoms with Gasteiger partial charge in [-0.3, -0.25) is 9.59 Å². The number of carboxylic acid groups (broad SMARTS) is 1. The number of hydrogen-bond donors (Lipinski definition) is 1. The lowest BCUT2D eigenvalue weighted by Crippen LogP contribution is -2.39. The zero-order chi connectivity index (χ0) is 15.3. The summed E-state index contributed by atoms with van der Waals surface area (Å²) in [4.78, 5) is 25.7. The minimum Gasteiger partial charge on any atom is -0.481 e. The largest absolute Gasteiger partial charge is 0.481 e. The molecule has 0 aromatic rings. The zero-order valence-electron chi connectivity index (χ0n) is 13.3. The molecule has 0 aromatic carbocycles. The van der Waals surface area contributed by atoms with Crippen LogP contribution in [-0.4, -0.2) is 35.0 Å². The molecule has 2 fully saturated rings. The second-order valence-corrected chi connectivity index (χ2v) is 7.10. The molecular formula is C17H29NO3. The lowest BCUT2D eigenvalue weighted by atomic mass is 9.79. The first-order valence-electron chi connectivity index (χ1n) is 8.50. The molecule has 0 aliphatic heterocycles. The third kappa shape index (κ3) is 4.45. The summed E-state index contributed by atoms with van der Waals surface area (Å²) in [5.74, 6) is -0.605. The first-order valence-corrected chi connectivity index (χ1v) is 8.50. The van der Waals surface area contributed by atoms with Gasteiger partial charge in [0.1, 0.15) is 0 Å². The standard InChI is InChI=1S/C17H29NO3/c1-18(14-8-4-2-3-5-9-14)15(19)12-17(13-16(20)21)10-6-7-11-17/h14H,2-13H2,1H3,(H,20,21). The van der Waals surface area contributed by atoms with E-state index >= 15 is 0 Å². The molecule has 21 heavy (non-hydrogen) atoms. The predicted octanol–water partition coefficient (Wildman–Crippen LogP) is 3.59. The van der Waals surface area contributed by atoms with Gasteiger partial charge in [-0.05, 0) is 31.1 Å². The molecule has 2 aliphatic carbocycles. The lowest BCUT2D eigenvalue weighted by Gasteiger charge is -2.32. The minimum atomic E-state index is -0.762. The summed E-state index contributed by atoms with van der Waals surface area (Å²) < 4.78 is 0. The molecule has 2 aliphatic rings. The Hall–Kier alpha value is -1.06. The fourth-order valence-corrected chi connectivity index (χ4v) is 4.16. The normalized spacial score (nSPS) is 22.7. The maximum Gasteiger partial charge on any atom is 0.303 e. The molecule has 0 aromatic heterocycles. The number of hydrogen-bond acceptors (Lipinski definition) is 2. The van der Waals surface area contributed by atoms with Crippen molar-refractivity contribution in [3.05, 3.63) is 0 Å². The van der Waals surface area contributed by atoms with Crippen LogP contribution in [0.1, 0.15) is 77.0 Å². The van der Waals surface area contributed by atoms with Gasteiger partial charge < -0.3 is 10.0 Å². The maximum absolute atomic E-state index is 12.6. The van der Waals surface area contributed by atoms with E-state index in [1.54, 1.807) is 0 Å². The minimum absolute atomic E-state index is 0.150. The van der Waals surface area contributed by atoms with Crippen molar-refractivity contribution >= 4 is 11.9 Å². The maximum atomic E-state index is 12.6. The molecule has 2 saturated carbocycles. The first-order chi connectivity index (χ1) is 10.0. The number of amides is 1. The average molecular weight is 295 g/mol. The summed E-state index contributed by atoms with van der Waals surface area (Å²) >= 11 is 0. The summed E-state index contributed by atoms with van der Waals surface area (Å²) in [6, 6.07) is 0.364. The van der Waals surface area contributed by atoms with E-state index in [9.17, 15) is 9.59 Å². The van der Waals surface area contributed by atoms with Crippen molar-refractivity contribution in [3.63, 3.8) is 0 Å². The highest BCUT2D eigenvalue weighted by molar-refractivity contribution is 5.78. The number of carboxylic acids is 1. The van der Waals surface area contributed by atoms with Gasteiger partial charge in [-0.25, -0.2) is 0 Å². The number of carbonyl (C=O) groups excluding carboxylic acids is 1. The van der Waals surface area contributed by atoms with Crippen molar-refractivity contribution in [2.45, 2.75) is 83.1 Å². The number of aliphatic carboxylic acids is 1. The van der Waals surface area contributed by atoms with E-state index in [2.05, 4.69) is 0 Å². The fourth-order valence-electron chi connectivity index (χ4n) is 4.16. The quantitative estimate of drug-likeness (QED) is 0.788. The molecule has 2 rings (SSSR count). The second kappa shape index (κ2) is 7.28. The van der Waals surface area contributed by atoms with Gasteiger partial charge in [0.25, 0.3) is 0 Å². The molecule has 0 bridgehead atoms. The Kier molecular flexibility index (Phi) is 5.65. The van der Waals surface area contributed by atoms with E-state index in [1.165, 1.54) is 25.7 Å². The van der Waals surface area contributed by atoms with Crippen molar-refractivity contribution in [3.8, 4) is 0 Å². The van der Waals surface area contributed by atoms with Crippen molar-refractivity contribution in [1.82, 2.24) is 4.90 Å². The molecule has 0 spiro atoms. The van der Waals surface area contributed by atoms with E-state index < -0.39 is 5.97 Å². The Morgan fingerprint density at radius 1 is 1.00 bits per heavy atom. The van der Waals surface area contributed by atoms with Crippen LogP contribution in [0.5, 0.6) is 0 Å². The summed E-state index contributed by atoms with van der Waals surface area (Å²) in [5.41, 5.74) is -0.276. The van der Waals surface area contributed by atoms with Crippen molar-refractivity contribution in [2.75, 3.05) is 7.05 Å². The third-order valence-corrected chi connectivity index (χ3v) is 5.48. The number of nitrogens with zero attached hydrogens (tertiary/aromatic N) is 1. The highest BCUT2D eigenvalue weighted by Crippen LogP contribution is 2.44. The molecule has 4 nitrogen and oxygen atoms in total. The van der Waals surface area contributed by atoms with Crippen LogP contribution in [0, 0.1) is 5.41 Å². The van der Waals surface area contributed by atoms with Crippen LogP contribution in [0.4, 0.5) is 0 Å². The molecule has 1 amide bonds. The SMILES string of the molecule is CN(C(=O)CC1(CC(=O)O)CCCC1)C1CCCCCC1. The number of carbonyl (C=O) groups is 2. The highest BCUT2D eigenvalue weighted by atomic mass is 16.4. The van der Waals surface area contributed by atoms with Gasteiger partial charge in [0.05, 0.1) is 6.42 Å². The molecule has 0 atom stereocenters. The number of rotatable bonds is 5. The van der Waals surface area contributed by atoms with Crippen LogP contribution in [0.3, 0.4) is 0 Å². The Morgan fingerprint density at radius 3 is 2.10 bits per heavy atom. The highest BCUT2D eigenvalue weighted by Gasteiger charge is 2.39. The van der Waals surface area contributed by atoms with Gasteiger partial charge in [0, 0.05) is 19.5 Å². The third-order valence-electron chi connectivity index (χ3n) is 5.48. The topological polar surface area (TPSA) is 57.6 Å². The fraction of sp³-hybridized carbons (Fsp3) is 0.882. The Labute approximate surface area is 127 Å². The van der Waals surface area contributed by atoms with Crippen LogP contribution < -0.4 is 0 Å². The molecule has 0 saturated heterocycles. The summed E-state index contributed by atoms with van der Waals surface area (Å²) in [5, 5.41) is 9.15. The summed E-state index contributed by atoms with van der Waals surface area (Å²) in [6.45, 7) is 0. The second-order valence-electron chi connectivity index (χ2n) is 7.10. The summed E-state index contributed by atoms with van der Waals surface area (Å²) in [7, 11) is 1.92. The van der Waals surface area contributed by atoms with E-state index in [-0.39, 0.29) is 17.7 Å². The van der Waals surface area contributed by atoms with Crippen LogP contribution >= 0.6 is 0 Å². The van der Waals surface area contributed by atoms with Gasteiger partial charge in [-0.2, -0.15) is 0 Å². The Bertz CT molecular complexity index is 366. The van der Waals surface area contributed by atoms with E-state index in [0.29, 0.717) is 12.5 Å². The van der Waals surface area contributed by atoms with Crippen LogP contribution in [0.15, 0.2) is 0 Å². The smallest absolute Gasteiger partial charge is 0.303 e. The molecular weight excluding hydrogens is 266 g/mol. The van der Waals surface area contributed by atoms with Gasteiger partial charge in [0.15, 0.2) is 0 Å². The molecule has 120 valence electrons. The predicted molar refractivity (Wildman–Crippen MR) is 82.0 cm³/mol. The average Bonchev–Trinajstić information content (AvgIpc) is 2.72. The van der Waals surface area contributed by atoms with Gasteiger partial charge in [-0.1, -0.05) is 38.5 Å². The van der Waals surface area contributed by atoms with Gasteiger partial charge >= 0.3 is 5.97 Å². The van der Waals surface area contributed by atoms with Crippen LogP contribution in [-0.2, 0) is 9.59 Å². The van der Waals surface area contributed by atoms with E-state index in [4.69, 9.17) is 5.11 Å². The molecule has 0 radical (unpaired) electrons. The summed E-state index contributed by atoms with van der Waals surface area (Å²) in [6.07, 6.45) is 11.7.